The zero-order valence-electron chi connectivity index (χ0n) is 11.2. The smallest absolute Gasteiger partial charge is 0.383 e. The van der Waals surface area contributed by atoms with Crippen LogP contribution in [0.15, 0.2) is 30.9 Å². The summed E-state index contributed by atoms with van der Waals surface area (Å²) in [6, 6.07) is 2.43. The summed E-state index contributed by atoms with van der Waals surface area (Å²) in [4.78, 5) is 4.07. The first kappa shape index (κ1) is 15.1. The maximum absolute atomic E-state index is 13.1. The van der Waals surface area contributed by atoms with E-state index in [1.807, 2.05) is 0 Å². The Kier molecular flexibility index (Phi) is 3.76. The van der Waals surface area contributed by atoms with Crippen LogP contribution in [0.2, 0.25) is 0 Å². The van der Waals surface area contributed by atoms with E-state index in [0.717, 1.165) is 12.1 Å². The highest BCUT2D eigenvalue weighted by Gasteiger charge is 2.35. The summed E-state index contributed by atoms with van der Waals surface area (Å²) in [6.45, 7) is 5.51. The molecule has 7 heteroatoms. The van der Waals surface area contributed by atoms with Crippen LogP contribution >= 0.6 is 0 Å². The third-order valence-electron chi connectivity index (χ3n) is 3.05. The predicted octanol–water partition coefficient (Wildman–Crippen LogP) is 3.78. The minimum absolute atomic E-state index is 0.0123. The number of aromatic nitrogens is 2. The Morgan fingerprint density at radius 1 is 1.38 bits per heavy atom. The second kappa shape index (κ2) is 5.23. The van der Waals surface area contributed by atoms with Gasteiger partial charge in [-0.15, -0.1) is 6.58 Å². The topological polar surface area (TPSA) is 43.8 Å². The van der Waals surface area contributed by atoms with Crippen molar-refractivity contribution in [2.75, 3.05) is 5.73 Å². The van der Waals surface area contributed by atoms with E-state index in [4.69, 9.17) is 5.73 Å². The third kappa shape index (κ3) is 2.76. The number of nitrogens with zero attached hydrogens (tertiary/aromatic N) is 2. The van der Waals surface area contributed by atoms with Gasteiger partial charge in [0.1, 0.15) is 23.2 Å². The number of nitrogen functional groups attached to an aromatic ring is 1. The van der Waals surface area contributed by atoms with Gasteiger partial charge in [0.15, 0.2) is 0 Å². The molecule has 0 saturated heterocycles. The second-order valence-electron chi connectivity index (χ2n) is 4.48. The molecule has 2 N–H and O–H groups in total. The Hall–Kier alpha value is -2.31. The molecular formula is C14H13F4N3. The molecule has 0 fully saturated rings. The van der Waals surface area contributed by atoms with E-state index in [9.17, 15) is 17.6 Å². The monoisotopic (exact) mass is 299 g/mol. The number of hydrogen-bond donors (Lipinski definition) is 1. The lowest BCUT2D eigenvalue weighted by Gasteiger charge is -2.12. The molecule has 0 bridgehead atoms. The number of rotatable bonds is 3. The molecule has 0 spiro atoms. The van der Waals surface area contributed by atoms with Gasteiger partial charge >= 0.3 is 6.18 Å². The van der Waals surface area contributed by atoms with Crippen molar-refractivity contribution in [1.82, 2.24) is 9.55 Å². The quantitative estimate of drug-likeness (QED) is 0.692. The van der Waals surface area contributed by atoms with E-state index in [1.54, 1.807) is 13.0 Å². The first-order chi connectivity index (χ1) is 9.75. The van der Waals surface area contributed by atoms with E-state index in [1.165, 1.54) is 4.57 Å². The number of halogens is 4. The normalized spacial score (nSPS) is 11.7. The van der Waals surface area contributed by atoms with Crippen LogP contribution in [-0.2, 0) is 12.7 Å². The molecule has 3 nitrogen and oxygen atoms in total. The molecule has 1 heterocycles. The fraction of sp³-hybridized carbons (Fsp3) is 0.214. The van der Waals surface area contributed by atoms with Crippen LogP contribution in [0.4, 0.5) is 23.4 Å². The Balaban J connectivity index is 2.68. The van der Waals surface area contributed by atoms with Crippen LogP contribution in [-0.4, -0.2) is 9.55 Å². The molecule has 0 radical (unpaired) electrons. The van der Waals surface area contributed by atoms with Crippen molar-refractivity contribution in [3.63, 3.8) is 0 Å². The lowest BCUT2D eigenvalue weighted by Crippen LogP contribution is -2.09. The molecule has 21 heavy (non-hydrogen) atoms. The maximum Gasteiger partial charge on any atom is 0.417 e. The largest absolute Gasteiger partial charge is 0.417 e. The molecule has 2 aromatic rings. The van der Waals surface area contributed by atoms with E-state index in [0.29, 0.717) is 18.4 Å². The van der Waals surface area contributed by atoms with Gasteiger partial charge in [-0.2, -0.15) is 13.2 Å². The zero-order valence-corrected chi connectivity index (χ0v) is 11.2. The number of benzene rings is 1. The minimum Gasteiger partial charge on any atom is -0.383 e. The molecule has 0 amide bonds. The van der Waals surface area contributed by atoms with E-state index in [-0.39, 0.29) is 17.1 Å². The summed E-state index contributed by atoms with van der Waals surface area (Å²) >= 11 is 0. The molecule has 1 aromatic carbocycles. The van der Waals surface area contributed by atoms with Crippen molar-refractivity contribution in [3.05, 3.63) is 48.1 Å². The van der Waals surface area contributed by atoms with Gasteiger partial charge in [0, 0.05) is 12.1 Å². The molecule has 0 unspecified atom stereocenters. The Morgan fingerprint density at radius 2 is 2.05 bits per heavy atom. The second-order valence-corrected chi connectivity index (χ2v) is 4.48. The van der Waals surface area contributed by atoms with Gasteiger partial charge in [-0.25, -0.2) is 9.37 Å². The molecule has 0 atom stereocenters. The number of allylic oxidation sites excluding steroid dienone is 1. The Labute approximate surface area is 118 Å². The van der Waals surface area contributed by atoms with E-state index in [2.05, 4.69) is 11.6 Å². The first-order valence-corrected chi connectivity index (χ1v) is 6.06. The number of nitrogens with two attached hydrogens (primary N) is 1. The van der Waals surface area contributed by atoms with E-state index < -0.39 is 17.6 Å². The lowest BCUT2D eigenvalue weighted by molar-refractivity contribution is -0.137. The van der Waals surface area contributed by atoms with Crippen molar-refractivity contribution < 1.29 is 17.6 Å². The van der Waals surface area contributed by atoms with Crippen molar-refractivity contribution in [2.45, 2.75) is 19.6 Å². The molecule has 0 saturated carbocycles. The van der Waals surface area contributed by atoms with Crippen LogP contribution in [0, 0.1) is 12.7 Å². The van der Waals surface area contributed by atoms with Crippen molar-refractivity contribution >= 4 is 5.82 Å². The molecule has 0 aliphatic rings. The molecule has 1 aromatic heterocycles. The van der Waals surface area contributed by atoms with Crippen LogP contribution in [0.1, 0.15) is 11.4 Å². The van der Waals surface area contributed by atoms with Crippen LogP contribution in [0.5, 0.6) is 0 Å². The van der Waals surface area contributed by atoms with Crippen molar-refractivity contribution in [2.24, 2.45) is 0 Å². The van der Waals surface area contributed by atoms with Crippen LogP contribution < -0.4 is 5.73 Å². The SMILES string of the molecule is C=CCn1c(C)nc(-c2ccc(F)cc2C(F)(F)F)c1N. The summed E-state index contributed by atoms with van der Waals surface area (Å²) in [7, 11) is 0. The highest BCUT2D eigenvalue weighted by Crippen LogP contribution is 2.39. The van der Waals surface area contributed by atoms with Crippen LogP contribution in [0.25, 0.3) is 11.3 Å². The van der Waals surface area contributed by atoms with Crippen molar-refractivity contribution in [3.8, 4) is 11.3 Å². The Morgan fingerprint density at radius 3 is 2.62 bits per heavy atom. The van der Waals surface area contributed by atoms with Crippen molar-refractivity contribution in [1.29, 1.82) is 0 Å². The third-order valence-corrected chi connectivity index (χ3v) is 3.05. The standard InChI is InChI=1S/C14H13F4N3/c1-3-6-21-8(2)20-12(13(21)19)10-5-4-9(15)7-11(10)14(16,17)18/h3-5,7H,1,6,19H2,2H3. The molecule has 2 rings (SSSR count). The van der Waals surface area contributed by atoms with Gasteiger partial charge in [0.05, 0.1) is 5.56 Å². The highest BCUT2D eigenvalue weighted by molar-refractivity contribution is 5.74. The molecule has 0 aliphatic carbocycles. The summed E-state index contributed by atoms with van der Waals surface area (Å²) < 4.78 is 53.8. The van der Waals surface area contributed by atoms with Gasteiger partial charge in [0.2, 0.25) is 0 Å². The van der Waals surface area contributed by atoms with Gasteiger partial charge in [-0.3, -0.25) is 0 Å². The van der Waals surface area contributed by atoms with Gasteiger partial charge < -0.3 is 10.3 Å². The summed E-state index contributed by atoms with van der Waals surface area (Å²) in [6.07, 6.45) is -3.13. The van der Waals surface area contributed by atoms with Gasteiger partial charge in [-0.1, -0.05) is 6.08 Å². The number of anilines is 1. The molecular weight excluding hydrogens is 286 g/mol. The average molecular weight is 299 g/mol. The maximum atomic E-state index is 13.1. The highest BCUT2D eigenvalue weighted by atomic mass is 19.4. The fourth-order valence-corrected chi connectivity index (χ4v) is 2.10. The van der Waals surface area contributed by atoms with Gasteiger partial charge in [-0.05, 0) is 25.1 Å². The molecule has 112 valence electrons. The lowest BCUT2D eigenvalue weighted by atomic mass is 10.0. The van der Waals surface area contributed by atoms with Gasteiger partial charge in [0.25, 0.3) is 0 Å². The zero-order chi connectivity index (χ0) is 15.8. The number of aryl methyl sites for hydroxylation is 1. The number of hydrogen-bond acceptors (Lipinski definition) is 2. The molecule has 0 aliphatic heterocycles. The first-order valence-electron chi connectivity index (χ1n) is 6.06. The predicted molar refractivity (Wildman–Crippen MR) is 72.0 cm³/mol. The summed E-state index contributed by atoms with van der Waals surface area (Å²) in [5, 5.41) is 0. The number of imidazole rings is 1. The van der Waals surface area contributed by atoms with Crippen LogP contribution in [0.3, 0.4) is 0 Å². The number of alkyl halides is 3. The Bertz CT molecular complexity index is 686. The summed E-state index contributed by atoms with van der Waals surface area (Å²) in [5.74, 6) is -0.420. The minimum atomic E-state index is -4.69. The fourth-order valence-electron chi connectivity index (χ4n) is 2.10. The van der Waals surface area contributed by atoms with E-state index >= 15 is 0 Å². The summed E-state index contributed by atoms with van der Waals surface area (Å²) in [5.41, 5.74) is 4.51. The average Bonchev–Trinajstić information content (AvgIpc) is 2.66.